The molecule has 2 aromatic heterocycles. The second-order valence-electron chi connectivity index (χ2n) is 3.97. The normalized spacial score (nSPS) is 10.7. The van der Waals surface area contributed by atoms with Gasteiger partial charge in [-0.3, -0.25) is 9.48 Å². The number of hydrogen-bond acceptors (Lipinski definition) is 4. The maximum Gasteiger partial charge on any atom is 0.247 e. The molecule has 96 valence electrons. The standard InChI is InChI=1S/C11H13ClN4OS/c1-6-8(3)18-11(13-6)14-10(17)5-16-4-9(12)7(2)15-16/h4H,5H2,1-3H3,(H,13,14,17). The van der Waals surface area contributed by atoms with Crippen LogP contribution in [0.3, 0.4) is 0 Å². The molecule has 0 fully saturated rings. The van der Waals surface area contributed by atoms with Crippen molar-refractivity contribution in [2.24, 2.45) is 0 Å². The van der Waals surface area contributed by atoms with E-state index in [0.29, 0.717) is 15.8 Å². The molecule has 2 aromatic rings. The zero-order chi connectivity index (χ0) is 13.3. The van der Waals surface area contributed by atoms with E-state index >= 15 is 0 Å². The van der Waals surface area contributed by atoms with Gasteiger partial charge in [0.05, 0.1) is 16.4 Å². The fraction of sp³-hybridized carbons (Fsp3) is 0.364. The highest BCUT2D eigenvalue weighted by Crippen LogP contribution is 2.21. The van der Waals surface area contributed by atoms with Crippen LogP contribution in [-0.2, 0) is 11.3 Å². The van der Waals surface area contributed by atoms with E-state index in [4.69, 9.17) is 11.6 Å². The lowest BCUT2D eigenvalue weighted by molar-refractivity contribution is -0.116. The predicted molar refractivity (Wildman–Crippen MR) is 72.2 cm³/mol. The Hall–Kier alpha value is -1.40. The maximum absolute atomic E-state index is 11.8. The van der Waals surface area contributed by atoms with Crippen LogP contribution in [0.1, 0.15) is 16.3 Å². The molecule has 0 spiro atoms. The monoisotopic (exact) mass is 284 g/mol. The topological polar surface area (TPSA) is 59.8 Å². The summed E-state index contributed by atoms with van der Waals surface area (Å²) in [7, 11) is 0. The van der Waals surface area contributed by atoms with Crippen molar-refractivity contribution in [3.8, 4) is 0 Å². The zero-order valence-corrected chi connectivity index (χ0v) is 11.9. The molecule has 0 saturated heterocycles. The fourth-order valence-electron chi connectivity index (χ4n) is 1.41. The van der Waals surface area contributed by atoms with Crippen molar-refractivity contribution in [2.45, 2.75) is 27.3 Å². The molecule has 0 atom stereocenters. The molecule has 2 heterocycles. The van der Waals surface area contributed by atoms with Crippen molar-refractivity contribution in [1.29, 1.82) is 0 Å². The second kappa shape index (κ2) is 5.07. The average molecular weight is 285 g/mol. The Morgan fingerprint density at radius 3 is 2.67 bits per heavy atom. The number of carbonyl (C=O) groups excluding carboxylic acids is 1. The van der Waals surface area contributed by atoms with Crippen LogP contribution in [0.4, 0.5) is 5.13 Å². The maximum atomic E-state index is 11.8. The van der Waals surface area contributed by atoms with Gasteiger partial charge >= 0.3 is 0 Å². The Morgan fingerprint density at radius 1 is 1.44 bits per heavy atom. The van der Waals surface area contributed by atoms with Crippen LogP contribution in [0, 0.1) is 20.8 Å². The number of hydrogen-bond donors (Lipinski definition) is 1. The van der Waals surface area contributed by atoms with Gasteiger partial charge in [-0.25, -0.2) is 4.98 Å². The number of aryl methyl sites for hydroxylation is 3. The largest absolute Gasteiger partial charge is 0.300 e. The molecule has 2 rings (SSSR count). The van der Waals surface area contributed by atoms with Gasteiger partial charge in [0.25, 0.3) is 0 Å². The van der Waals surface area contributed by atoms with E-state index in [1.807, 2.05) is 13.8 Å². The van der Waals surface area contributed by atoms with Gasteiger partial charge < -0.3 is 5.32 Å². The van der Waals surface area contributed by atoms with E-state index in [0.717, 1.165) is 10.6 Å². The molecule has 0 aliphatic carbocycles. The summed E-state index contributed by atoms with van der Waals surface area (Å²) in [5, 5.41) is 8.04. The number of thiazole rings is 1. The summed E-state index contributed by atoms with van der Waals surface area (Å²) < 4.78 is 1.51. The number of nitrogens with zero attached hydrogens (tertiary/aromatic N) is 3. The van der Waals surface area contributed by atoms with Gasteiger partial charge in [0.15, 0.2) is 5.13 Å². The van der Waals surface area contributed by atoms with E-state index in [2.05, 4.69) is 15.4 Å². The van der Waals surface area contributed by atoms with Crippen LogP contribution in [0.2, 0.25) is 5.02 Å². The van der Waals surface area contributed by atoms with E-state index in [9.17, 15) is 4.79 Å². The Morgan fingerprint density at radius 2 is 2.17 bits per heavy atom. The molecule has 5 nitrogen and oxygen atoms in total. The Kier molecular flexibility index (Phi) is 3.68. The number of anilines is 1. The Bertz CT molecular complexity index is 501. The van der Waals surface area contributed by atoms with Gasteiger partial charge in [-0.1, -0.05) is 11.6 Å². The highest BCUT2D eigenvalue weighted by molar-refractivity contribution is 7.15. The molecule has 0 aromatic carbocycles. The van der Waals surface area contributed by atoms with Gasteiger partial charge in [-0.15, -0.1) is 11.3 Å². The molecule has 0 saturated carbocycles. The van der Waals surface area contributed by atoms with E-state index in [1.165, 1.54) is 16.0 Å². The van der Waals surface area contributed by atoms with Crippen LogP contribution in [0.5, 0.6) is 0 Å². The molecular formula is C11H13ClN4OS. The second-order valence-corrected chi connectivity index (χ2v) is 5.58. The van der Waals surface area contributed by atoms with Crippen molar-refractivity contribution in [1.82, 2.24) is 14.8 Å². The number of amides is 1. The van der Waals surface area contributed by atoms with Crippen molar-refractivity contribution < 1.29 is 4.79 Å². The first-order valence-electron chi connectivity index (χ1n) is 5.39. The molecule has 0 aliphatic rings. The summed E-state index contributed by atoms with van der Waals surface area (Å²) >= 11 is 7.33. The molecule has 1 amide bonds. The first-order chi connectivity index (χ1) is 8.45. The van der Waals surface area contributed by atoms with Gasteiger partial charge in [0, 0.05) is 11.1 Å². The number of halogens is 1. The average Bonchev–Trinajstić information content (AvgIpc) is 2.72. The minimum absolute atomic E-state index is 0.130. The van der Waals surface area contributed by atoms with E-state index < -0.39 is 0 Å². The molecule has 0 radical (unpaired) electrons. The third-order valence-electron chi connectivity index (χ3n) is 2.47. The number of nitrogens with one attached hydrogen (secondary N) is 1. The van der Waals surface area contributed by atoms with Gasteiger partial charge in [-0.2, -0.15) is 5.10 Å². The van der Waals surface area contributed by atoms with Crippen molar-refractivity contribution >= 4 is 34.0 Å². The van der Waals surface area contributed by atoms with E-state index in [1.54, 1.807) is 13.1 Å². The minimum Gasteiger partial charge on any atom is -0.300 e. The van der Waals surface area contributed by atoms with Gasteiger partial charge in [0.1, 0.15) is 6.54 Å². The van der Waals surface area contributed by atoms with Crippen LogP contribution >= 0.6 is 22.9 Å². The molecule has 0 aliphatic heterocycles. The van der Waals surface area contributed by atoms with Crippen molar-refractivity contribution in [3.05, 3.63) is 27.5 Å². The first kappa shape index (κ1) is 13.0. The predicted octanol–water partition coefficient (Wildman–Crippen LogP) is 2.56. The number of rotatable bonds is 3. The summed E-state index contributed by atoms with van der Waals surface area (Å²) in [4.78, 5) is 17.1. The van der Waals surface area contributed by atoms with Crippen molar-refractivity contribution in [3.63, 3.8) is 0 Å². The summed E-state index contributed by atoms with van der Waals surface area (Å²) in [6.07, 6.45) is 1.63. The minimum atomic E-state index is -0.164. The Balaban J connectivity index is 2.00. The molecule has 1 N–H and O–H groups in total. The quantitative estimate of drug-likeness (QED) is 0.942. The van der Waals surface area contributed by atoms with Crippen LogP contribution in [0.25, 0.3) is 0 Å². The lowest BCUT2D eigenvalue weighted by Crippen LogP contribution is -2.19. The lowest BCUT2D eigenvalue weighted by atomic mass is 10.4. The molecule has 18 heavy (non-hydrogen) atoms. The smallest absolute Gasteiger partial charge is 0.247 e. The summed E-state index contributed by atoms with van der Waals surface area (Å²) in [5.41, 5.74) is 1.65. The third kappa shape index (κ3) is 2.88. The van der Waals surface area contributed by atoms with Crippen LogP contribution in [0.15, 0.2) is 6.20 Å². The molecule has 0 unspecified atom stereocenters. The zero-order valence-electron chi connectivity index (χ0n) is 10.3. The van der Waals surface area contributed by atoms with Gasteiger partial charge in [0.2, 0.25) is 5.91 Å². The number of carbonyl (C=O) groups is 1. The highest BCUT2D eigenvalue weighted by atomic mass is 35.5. The molecule has 0 bridgehead atoms. The highest BCUT2D eigenvalue weighted by Gasteiger charge is 2.10. The molecular weight excluding hydrogens is 272 g/mol. The van der Waals surface area contributed by atoms with E-state index in [-0.39, 0.29) is 12.5 Å². The summed E-state index contributed by atoms with van der Waals surface area (Å²) in [6, 6.07) is 0. The summed E-state index contributed by atoms with van der Waals surface area (Å²) in [6.45, 7) is 5.81. The van der Waals surface area contributed by atoms with Crippen LogP contribution in [-0.4, -0.2) is 20.7 Å². The van der Waals surface area contributed by atoms with Gasteiger partial charge in [-0.05, 0) is 20.8 Å². The van der Waals surface area contributed by atoms with Crippen LogP contribution < -0.4 is 5.32 Å². The SMILES string of the molecule is Cc1nn(CC(=O)Nc2nc(C)c(C)s2)cc1Cl. The summed E-state index contributed by atoms with van der Waals surface area (Å²) in [5.74, 6) is -0.164. The lowest BCUT2D eigenvalue weighted by Gasteiger charge is -2.01. The van der Waals surface area contributed by atoms with Crippen molar-refractivity contribution in [2.75, 3.05) is 5.32 Å². The fourth-order valence-corrected chi connectivity index (χ4v) is 2.39. The third-order valence-corrected chi connectivity index (χ3v) is 3.83. The molecule has 7 heteroatoms. The first-order valence-corrected chi connectivity index (χ1v) is 6.58. The Labute approximate surface area is 114 Å². The number of aromatic nitrogens is 3.